The predicted octanol–water partition coefficient (Wildman–Crippen LogP) is 1.33. The molecule has 0 bridgehead atoms. The van der Waals surface area contributed by atoms with E-state index in [9.17, 15) is 12.8 Å². The predicted molar refractivity (Wildman–Crippen MR) is 77.6 cm³/mol. The van der Waals surface area contributed by atoms with Crippen LogP contribution in [0.4, 0.5) is 4.39 Å². The number of hydrogen-bond donors (Lipinski definition) is 0. The first-order valence-corrected chi connectivity index (χ1v) is 8.46. The third-order valence-corrected chi connectivity index (χ3v) is 5.74. The van der Waals surface area contributed by atoms with Gasteiger partial charge in [0.2, 0.25) is 10.0 Å². The molecular weight excluding hydrogens is 279 g/mol. The monoisotopic (exact) mass is 300 g/mol. The molecule has 1 aliphatic rings. The molecule has 1 aliphatic heterocycles. The number of halogens is 1. The van der Waals surface area contributed by atoms with E-state index in [4.69, 9.17) is 0 Å². The van der Waals surface area contributed by atoms with Crippen molar-refractivity contribution >= 4 is 10.0 Å². The van der Waals surface area contributed by atoms with Crippen molar-refractivity contribution in [3.05, 3.63) is 35.6 Å². The summed E-state index contributed by atoms with van der Waals surface area (Å²) in [6, 6.07) is 6.63. The Bertz CT molecular complexity index is 556. The molecule has 4 nitrogen and oxygen atoms in total. The zero-order chi connectivity index (χ0) is 14.8. The van der Waals surface area contributed by atoms with Crippen molar-refractivity contribution in [2.75, 3.05) is 32.4 Å². The lowest BCUT2D eigenvalue weighted by Gasteiger charge is -2.42. The van der Waals surface area contributed by atoms with E-state index in [2.05, 4.69) is 11.8 Å². The largest absolute Gasteiger partial charge is 0.301 e. The molecule has 0 radical (unpaired) electrons. The Hall–Kier alpha value is -0.980. The fourth-order valence-corrected chi connectivity index (χ4v) is 3.78. The lowest BCUT2D eigenvalue weighted by atomic mass is 10.1. The van der Waals surface area contributed by atoms with E-state index < -0.39 is 10.0 Å². The Morgan fingerprint density at radius 3 is 2.60 bits per heavy atom. The molecule has 20 heavy (non-hydrogen) atoms. The fraction of sp³-hybridized carbons (Fsp3) is 0.571. The Kier molecular flexibility index (Phi) is 4.78. The second kappa shape index (κ2) is 6.20. The van der Waals surface area contributed by atoms with E-state index in [1.54, 1.807) is 18.2 Å². The molecule has 2 rings (SSSR count). The summed E-state index contributed by atoms with van der Waals surface area (Å²) in [5.74, 6) is -0.369. The van der Waals surface area contributed by atoms with Crippen LogP contribution in [-0.2, 0) is 16.4 Å². The summed E-state index contributed by atoms with van der Waals surface area (Å²) in [5, 5.41) is 0. The molecule has 1 saturated heterocycles. The highest BCUT2D eigenvalue weighted by atomic mass is 32.2. The number of rotatable bonds is 6. The van der Waals surface area contributed by atoms with Crippen molar-refractivity contribution in [2.24, 2.45) is 0 Å². The van der Waals surface area contributed by atoms with E-state index in [0.717, 1.165) is 6.54 Å². The van der Waals surface area contributed by atoms with E-state index >= 15 is 0 Å². The summed E-state index contributed by atoms with van der Waals surface area (Å²) in [4.78, 5) is 2.14. The first kappa shape index (κ1) is 15.4. The van der Waals surface area contributed by atoms with Crippen LogP contribution in [0.1, 0.15) is 12.5 Å². The van der Waals surface area contributed by atoms with Crippen LogP contribution >= 0.6 is 0 Å². The molecule has 0 aliphatic carbocycles. The van der Waals surface area contributed by atoms with Crippen molar-refractivity contribution in [3.8, 4) is 0 Å². The Balaban J connectivity index is 1.89. The summed E-state index contributed by atoms with van der Waals surface area (Å²) in [7, 11) is -1.28. The summed E-state index contributed by atoms with van der Waals surface area (Å²) < 4.78 is 39.2. The van der Waals surface area contributed by atoms with Crippen LogP contribution in [0.3, 0.4) is 0 Å². The van der Waals surface area contributed by atoms with Gasteiger partial charge in [-0.05, 0) is 31.6 Å². The van der Waals surface area contributed by atoms with Gasteiger partial charge in [-0.3, -0.25) is 0 Å². The zero-order valence-electron chi connectivity index (χ0n) is 11.9. The third-order valence-electron chi connectivity index (χ3n) is 3.93. The highest BCUT2D eigenvalue weighted by molar-refractivity contribution is 7.89. The molecule has 0 unspecified atom stereocenters. The summed E-state index contributed by atoms with van der Waals surface area (Å²) >= 11 is 0. The highest BCUT2D eigenvalue weighted by Crippen LogP contribution is 2.19. The average Bonchev–Trinajstić information content (AvgIpc) is 2.35. The van der Waals surface area contributed by atoms with Gasteiger partial charge in [0.25, 0.3) is 0 Å². The molecule has 0 N–H and O–H groups in total. The van der Waals surface area contributed by atoms with E-state index in [0.29, 0.717) is 24.7 Å². The number of nitrogens with zero attached hydrogens (tertiary/aromatic N) is 2. The van der Waals surface area contributed by atoms with Gasteiger partial charge in [-0.2, -0.15) is 4.31 Å². The van der Waals surface area contributed by atoms with Gasteiger partial charge in [0, 0.05) is 19.1 Å². The number of sulfonamides is 1. The lowest BCUT2D eigenvalue weighted by molar-refractivity contribution is 0.116. The normalized spacial score (nSPS) is 17.4. The maximum atomic E-state index is 13.5. The van der Waals surface area contributed by atoms with Gasteiger partial charge in [-0.1, -0.05) is 25.1 Å². The van der Waals surface area contributed by atoms with Crippen molar-refractivity contribution in [1.82, 2.24) is 9.21 Å². The minimum absolute atomic E-state index is 0.0313. The zero-order valence-corrected chi connectivity index (χ0v) is 12.7. The standard InChI is InChI=1S/C14H21FN2O2S/c1-3-16(2)13-10-17(11-13)20(18,19)9-8-12-6-4-5-7-14(12)15/h4-7,13H,3,8-11H2,1-2H3. The van der Waals surface area contributed by atoms with Crippen LogP contribution in [-0.4, -0.2) is 56.1 Å². The van der Waals surface area contributed by atoms with Gasteiger partial charge >= 0.3 is 0 Å². The topological polar surface area (TPSA) is 40.6 Å². The molecule has 112 valence electrons. The second-order valence-electron chi connectivity index (χ2n) is 5.20. The van der Waals surface area contributed by atoms with Crippen LogP contribution in [0.2, 0.25) is 0 Å². The summed E-state index contributed by atoms with van der Waals surface area (Å²) in [6.07, 6.45) is 0.222. The maximum absolute atomic E-state index is 13.5. The fourth-order valence-electron chi connectivity index (χ4n) is 2.25. The Morgan fingerprint density at radius 1 is 1.35 bits per heavy atom. The van der Waals surface area contributed by atoms with Crippen molar-refractivity contribution < 1.29 is 12.8 Å². The van der Waals surface area contributed by atoms with Crippen LogP contribution in [0, 0.1) is 5.82 Å². The van der Waals surface area contributed by atoms with Gasteiger partial charge < -0.3 is 4.90 Å². The quantitative estimate of drug-likeness (QED) is 0.796. The Labute approximate surface area is 120 Å². The number of benzene rings is 1. The van der Waals surface area contributed by atoms with Gasteiger partial charge in [-0.25, -0.2) is 12.8 Å². The molecule has 1 fully saturated rings. The average molecular weight is 300 g/mol. The van der Waals surface area contributed by atoms with Gasteiger partial charge in [0.05, 0.1) is 5.75 Å². The molecule has 6 heteroatoms. The summed E-state index contributed by atoms with van der Waals surface area (Å²) in [5.41, 5.74) is 0.457. The molecule has 1 aromatic carbocycles. The SMILES string of the molecule is CCN(C)C1CN(S(=O)(=O)CCc2ccccc2F)C1. The molecule has 0 aromatic heterocycles. The first-order valence-electron chi connectivity index (χ1n) is 6.85. The molecule has 1 aromatic rings. The van der Waals surface area contributed by atoms with Crippen molar-refractivity contribution in [2.45, 2.75) is 19.4 Å². The van der Waals surface area contributed by atoms with E-state index in [1.807, 2.05) is 7.05 Å². The van der Waals surface area contributed by atoms with Crippen LogP contribution in [0.5, 0.6) is 0 Å². The number of likely N-dealkylation sites (N-methyl/N-ethyl adjacent to an activating group) is 1. The smallest absolute Gasteiger partial charge is 0.214 e. The molecule has 0 spiro atoms. The molecule has 0 saturated carbocycles. The van der Waals surface area contributed by atoms with Crippen LogP contribution in [0.15, 0.2) is 24.3 Å². The Morgan fingerprint density at radius 2 is 2.00 bits per heavy atom. The highest BCUT2D eigenvalue weighted by Gasteiger charge is 2.36. The maximum Gasteiger partial charge on any atom is 0.214 e. The van der Waals surface area contributed by atoms with Crippen molar-refractivity contribution in [3.63, 3.8) is 0 Å². The van der Waals surface area contributed by atoms with Gasteiger partial charge in [-0.15, -0.1) is 0 Å². The van der Waals surface area contributed by atoms with E-state index in [1.165, 1.54) is 10.4 Å². The van der Waals surface area contributed by atoms with E-state index in [-0.39, 0.29) is 18.0 Å². The second-order valence-corrected chi connectivity index (χ2v) is 7.29. The van der Waals surface area contributed by atoms with Crippen LogP contribution < -0.4 is 0 Å². The molecule has 0 atom stereocenters. The minimum Gasteiger partial charge on any atom is -0.301 e. The molecular formula is C14H21FN2O2S. The van der Waals surface area contributed by atoms with Crippen LogP contribution in [0.25, 0.3) is 0 Å². The molecule has 1 heterocycles. The first-order chi connectivity index (χ1) is 9.44. The number of aryl methyl sites for hydroxylation is 1. The van der Waals surface area contributed by atoms with Gasteiger partial charge in [0.15, 0.2) is 0 Å². The number of hydrogen-bond acceptors (Lipinski definition) is 3. The van der Waals surface area contributed by atoms with Crippen molar-refractivity contribution in [1.29, 1.82) is 0 Å². The van der Waals surface area contributed by atoms with Gasteiger partial charge in [0.1, 0.15) is 5.82 Å². The third kappa shape index (κ3) is 3.37. The minimum atomic E-state index is -3.27. The molecule has 0 amide bonds. The lowest BCUT2D eigenvalue weighted by Crippen LogP contribution is -2.60. The summed E-state index contributed by atoms with van der Waals surface area (Å²) in [6.45, 7) is 4.05.